The number of esters is 1. The van der Waals surface area contributed by atoms with E-state index in [4.69, 9.17) is 18.6 Å². The number of ether oxygens (including phenoxy) is 3. The Balaban J connectivity index is 1.53. The molecular formula is C22H18FNO5S. The average Bonchev–Trinajstić information content (AvgIpc) is 3.37. The largest absolute Gasteiger partial charge is 0.493 e. The number of carbonyl (C=O) groups excluding carboxylic acids is 1. The van der Waals surface area contributed by atoms with Crippen LogP contribution < -0.4 is 9.47 Å². The molecule has 6 nitrogen and oxygen atoms in total. The summed E-state index contributed by atoms with van der Waals surface area (Å²) in [6.07, 6.45) is 0. The highest BCUT2D eigenvalue weighted by atomic mass is 32.1. The third-order valence-corrected chi connectivity index (χ3v) is 5.56. The number of nitrogens with zero attached hydrogens (tertiary/aromatic N) is 1. The number of aromatic nitrogens is 1. The first-order valence-corrected chi connectivity index (χ1v) is 9.92. The third-order valence-electron chi connectivity index (χ3n) is 4.64. The van der Waals surface area contributed by atoms with Crippen LogP contribution >= 0.6 is 11.3 Å². The predicted molar refractivity (Wildman–Crippen MR) is 111 cm³/mol. The van der Waals surface area contributed by atoms with E-state index in [1.54, 1.807) is 44.7 Å². The highest BCUT2D eigenvalue weighted by Gasteiger charge is 2.21. The molecule has 4 aromatic rings. The van der Waals surface area contributed by atoms with Crippen LogP contribution in [0.15, 0.2) is 46.2 Å². The van der Waals surface area contributed by atoms with E-state index in [-0.39, 0.29) is 18.0 Å². The minimum absolute atomic E-state index is 0.0139. The van der Waals surface area contributed by atoms with E-state index in [0.29, 0.717) is 33.2 Å². The number of furan rings is 1. The molecule has 2 heterocycles. The van der Waals surface area contributed by atoms with Gasteiger partial charge >= 0.3 is 5.97 Å². The van der Waals surface area contributed by atoms with Gasteiger partial charge in [0, 0.05) is 16.3 Å². The zero-order valence-electron chi connectivity index (χ0n) is 16.5. The van der Waals surface area contributed by atoms with Crippen molar-refractivity contribution in [3.63, 3.8) is 0 Å². The van der Waals surface area contributed by atoms with Crippen LogP contribution in [0.3, 0.4) is 0 Å². The van der Waals surface area contributed by atoms with Gasteiger partial charge in [0.25, 0.3) is 0 Å². The summed E-state index contributed by atoms with van der Waals surface area (Å²) in [7, 11) is 3.14. The molecule has 0 unspecified atom stereocenters. The Kier molecular flexibility index (Phi) is 5.41. The van der Waals surface area contributed by atoms with Crippen molar-refractivity contribution in [2.45, 2.75) is 13.5 Å². The SMILES string of the molecule is COc1cccc(-c2nc(COC(=O)c3oc4c(F)cccc4c3C)cs2)c1OC. The van der Waals surface area contributed by atoms with E-state index >= 15 is 0 Å². The van der Waals surface area contributed by atoms with Crippen LogP contribution in [0, 0.1) is 12.7 Å². The number of carbonyl (C=O) groups is 1. The van der Waals surface area contributed by atoms with Crippen LogP contribution in [0.5, 0.6) is 11.5 Å². The molecule has 0 aliphatic rings. The van der Waals surface area contributed by atoms with Crippen LogP contribution in [0.4, 0.5) is 4.39 Å². The van der Waals surface area contributed by atoms with Crippen molar-refractivity contribution in [2.24, 2.45) is 0 Å². The molecule has 2 aromatic heterocycles. The van der Waals surface area contributed by atoms with Crippen LogP contribution in [0.2, 0.25) is 0 Å². The van der Waals surface area contributed by atoms with Crippen molar-refractivity contribution in [2.75, 3.05) is 14.2 Å². The molecule has 0 aliphatic carbocycles. The summed E-state index contributed by atoms with van der Waals surface area (Å²) in [4.78, 5) is 17.0. The zero-order valence-corrected chi connectivity index (χ0v) is 17.3. The van der Waals surface area contributed by atoms with Gasteiger partial charge in [-0.25, -0.2) is 14.2 Å². The van der Waals surface area contributed by atoms with Crippen LogP contribution in [-0.4, -0.2) is 25.2 Å². The van der Waals surface area contributed by atoms with Crippen molar-refractivity contribution in [3.8, 4) is 22.1 Å². The first-order valence-electron chi connectivity index (χ1n) is 9.04. The van der Waals surface area contributed by atoms with Crippen LogP contribution in [0.1, 0.15) is 21.8 Å². The number of thiazole rings is 1. The first-order chi connectivity index (χ1) is 14.5. The Morgan fingerprint density at radius 1 is 1.17 bits per heavy atom. The van der Waals surface area contributed by atoms with Crippen molar-refractivity contribution >= 4 is 28.3 Å². The Morgan fingerprint density at radius 2 is 1.97 bits per heavy atom. The molecule has 0 aliphatic heterocycles. The van der Waals surface area contributed by atoms with Gasteiger partial charge in [0.1, 0.15) is 11.6 Å². The fourth-order valence-corrected chi connectivity index (χ4v) is 3.99. The molecule has 0 radical (unpaired) electrons. The lowest BCUT2D eigenvalue weighted by molar-refractivity contribution is 0.0433. The molecule has 30 heavy (non-hydrogen) atoms. The summed E-state index contributed by atoms with van der Waals surface area (Å²) in [5.41, 5.74) is 1.94. The molecule has 0 fully saturated rings. The number of hydrogen-bond acceptors (Lipinski definition) is 7. The maximum absolute atomic E-state index is 13.9. The number of aryl methyl sites for hydroxylation is 1. The molecule has 8 heteroatoms. The quantitative estimate of drug-likeness (QED) is 0.385. The van der Waals surface area contributed by atoms with Gasteiger partial charge in [-0.3, -0.25) is 0 Å². The second-order valence-electron chi connectivity index (χ2n) is 6.43. The average molecular weight is 427 g/mol. The Morgan fingerprint density at radius 3 is 2.70 bits per heavy atom. The molecule has 0 atom stereocenters. The first kappa shape index (κ1) is 19.9. The van der Waals surface area contributed by atoms with Crippen molar-refractivity contribution < 1.29 is 27.8 Å². The number of rotatable bonds is 6. The Labute approximate surface area is 175 Å². The highest BCUT2D eigenvalue weighted by molar-refractivity contribution is 7.13. The van der Waals surface area contributed by atoms with E-state index in [1.165, 1.54) is 17.4 Å². The summed E-state index contributed by atoms with van der Waals surface area (Å²) in [6, 6.07) is 10.1. The molecule has 4 rings (SSSR count). The molecule has 0 amide bonds. The number of benzene rings is 2. The number of methoxy groups -OCH3 is 2. The van der Waals surface area contributed by atoms with Crippen molar-refractivity contribution in [3.05, 3.63) is 64.6 Å². The van der Waals surface area contributed by atoms with E-state index in [9.17, 15) is 9.18 Å². The number of para-hydroxylation sites is 2. The minimum Gasteiger partial charge on any atom is -0.493 e. The summed E-state index contributed by atoms with van der Waals surface area (Å²) >= 11 is 1.40. The molecule has 0 N–H and O–H groups in total. The standard InChI is InChI=1S/C22H18FNO5S/c1-12-14-6-4-8-16(23)19(14)29-18(12)22(25)28-10-13-11-30-21(24-13)15-7-5-9-17(26-2)20(15)27-3/h4-9,11H,10H2,1-3H3. The monoisotopic (exact) mass is 427 g/mol. The Bertz CT molecular complexity index is 1230. The molecule has 0 saturated heterocycles. The molecule has 0 spiro atoms. The zero-order chi connectivity index (χ0) is 21.3. The molecule has 0 bridgehead atoms. The van der Waals surface area contributed by atoms with E-state index in [0.717, 1.165) is 5.56 Å². The maximum atomic E-state index is 13.9. The van der Waals surface area contributed by atoms with Crippen molar-refractivity contribution in [1.29, 1.82) is 0 Å². The van der Waals surface area contributed by atoms with Gasteiger partial charge in [-0.15, -0.1) is 11.3 Å². The number of hydrogen-bond donors (Lipinski definition) is 0. The van der Waals surface area contributed by atoms with Gasteiger partial charge in [-0.1, -0.05) is 18.2 Å². The fraction of sp³-hybridized carbons (Fsp3) is 0.182. The lowest BCUT2D eigenvalue weighted by Crippen LogP contribution is -2.05. The second-order valence-corrected chi connectivity index (χ2v) is 7.29. The van der Waals surface area contributed by atoms with Crippen molar-refractivity contribution in [1.82, 2.24) is 4.98 Å². The molecule has 154 valence electrons. The van der Waals surface area contributed by atoms with E-state index < -0.39 is 11.8 Å². The van der Waals surface area contributed by atoms with Gasteiger partial charge in [0.2, 0.25) is 5.76 Å². The maximum Gasteiger partial charge on any atom is 0.374 e. The summed E-state index contributed by atoms with van der Waals surface area (Å²) in [5.74, 6) is -0.0220. The van der Waals surface area contributed by atoms with Crippen LogP contribution in [0.25, 0.3) is 21.5 Å². The topological polar surface area (TPSA) is 70.8 Å². The third kappa shape index (κ3) is 3.50. The van der Waals surface area contributed by atoms with Gasteiger partial charge in [-0.2, -0.15) is 0 Å². The normalized spacial score (nSPS) is 10.9. The number of halogens is 1. The van der Waals surface area contributed by atoms with E-state index in [2.05, 4.69) is 4.98 Å². The Hall–Kier alpha value is -3.39. The molecule has 2 aromatic carbocycles. The summed E-state index contributed by atoms with van der Waals surface area (Å²) < 4.78 is 35.4. The summed E-state index contributed by atoms with van der Waals surface area (Å²) in [6.45, 7) is 1.65. The van der Waals surface area contributed by atoms with Gasteiger partial charge in [-0.05, 0) is 25.1 Å². The molecule has 0 saturated carbocycles. The molecular weight excluding hydrogens is 409 g/mol. The number of fused-ring (bicyclic) bond motifs is 1. The highest BCUT2D eigenvalue weighted by Crippen LogP contribution is 2.39. The lowest BCUT2D eigenvalue weighted by atomic mass is 10.1. The smallest absolute Gasteiger partial charge is 0.374 e. The van der Waals surface area contributed by atoms with Gasteiger partial charge in [0.05, 0.1) is 25.5 Å². The predicted octanol–water partition coefficient (Wildman–Crippen LogP) is 5.38. The van der Waals surface area contributed by atoms with Crippen LogP contribution in [-0.2, 0) is 11.3 Å². The second kappa shape index (κ2) is 8.16. The minimum atomic E-state index is -0.670. The fourth-order valence-electron chi connectivity index (χ4n) is 3.16. The van der Waals surface area contributed by atoms with E-state index in [1.807, 2.05) is 12.1 Å². The van der Waals surface area contributed by atoms with Gasteiger partial charge < -0.3 is 18.6 Å². The van der Waals surface area contributed by atoms with Gasteiger partial charge in [0.15, 0.2) is 22.9 Å². The lowest BCUT2D eigenvalue weighted by Gasteiger charge is -2.10. The summed E-state index contributed by atoms with van der Waals surface area (Å²) in [5, 5.41) is 3.05.